The van der Waals surface area contributed by atoms with Crippen molar-refractivity contribution in [3.05, 3.63) is 53.6 Å². The fourth-order valence-electron chi connectivity index (χ4n) is 2.43. The molecule has 0 spiro atoms. The normalized spacial score (nSPS) is 11.2. The highest BCUT2D eigenvalue weighted by molar-refractivity contribution is 5.96. The lowest BCUT2D eigenvalue weighted by atomic mass is 10.1. The lowest BCUT2D eigenvalue weighted by molar-refractivity contribution is -0.116. The van der Waals surface area contributed by atoms with Crippen LogP contribution < -0.4 is 5.32 Å². The molecule has 0 unspecified atom stereocenters. The molecular formula is C18H18N4O2. The molecule has 6 nitrogen and oxygen atoms in total. The van der Waals surface area contributed by atoms with Gasteiger partial charge in [-0.2, -0.15) is 0 Å². The molecule has 1 amide bonds. The van der Waals surface area contributed by atoms with Crippen LogP contribution in [0.3, 0.4) is 0 Å². The van der Waals surface area contributed by atoms with Crippen LogP contribution in [0.5, 0.6) is 5.88 Å². The van der Waals surface area contributed by atoms with Gasteiger partial charge in [-0.1, -0.05) is 35.9 Å². The number of aryl methyl sites for hydroxylation is 2. The van der Waals surface area contributed by atoms with Gasteiger partial charge in [-0.15, -0.1) is 10.2 Å². The zero-order valence-electron chi connectivity index (χ0n) is 13.5. The standard InChI is InChI=1S/C18H18N4O2/c1-11-6-8-13(9-7-11)19-10-15(23)21-22-17-14-5-3-4-12(2)16(14)20-18(17)24/h3-9,19-20,24H,10H2,1-2H3. The van der Waals surface area contributed by atoms with Crippen LogP contribution in [0.25, 0.3) is 10.9 Å². The van der Waals surface area contributed by atoms with Crippen molar-refractivity contribution in [1.82, 2.24) is 4.98 Å². The van der Waals surface area contributed by atoms with E-state index in [1.165, 1.54) is 0 Å². The van der Waals surface area contributed by atoms with E-state index in [2.05, 4.69) is 20.5 Å². The van der Waals surface area contributed by atoms with Gasteiger partial charge in [-0.25, -0.2) is 0 Å². The second-order valence-corrected chi connectivity index (χ2v) is 5.63. The first-order chi connectivity index (χ1) is 11.5. The minimum absolute atomic E-state index is 0.0364. The molecule has 6 heteroatoms. The molecule has 1 heterocycles. The van der Waals surface area contributed by atoms with Crippen LogP contribution in [0.1, 0.15) is 11.1 Å². The maximum Gasteiger partial charge on any atom is 0.283 e. The molecule has 0 atom stereocenters. The summed E-state index contributed by atoms with van der Waals surface area (Å²) in [7, 11) is 0. The van der Waals surface area contributed by atoms with Gasteiger partial charge < -0.3 is 15.4 Å². The second kappa shape index (κ2) is 6.54. The molecule has 0 saturated heterocycles. The summed E-state index contributed by atoms with van der Waals surface area (Å²) in [4.78, 5) is 14.7. The number of carbonyl (C=O) groups is 1. The van der Waals surface area contributed by atoms with Gasteiger partial charge in [0.2, 0.25) is 5.88 Å². The smallest absolute Gasteiger partial charge is 0.283 e. The summed E-state index contributed by atoms with van der Waals surface area (Å²) in [5.41, 5.74) is 4.04. The molecule has 122 valence electrons. The van der Waals surface area contributed by atoms with Crippen molar-refractivity contribution in [3.63, 3.8) is 0 Å². The van der Waals surface area contributed by atoms with Gasteiger partial charge in [0.1, 0.15) is 0 Å². The Labute approximate surface area is 139 Å². The van der Waals surface area contributed by atoms with Crippen molar-refractivity contribution in [3.8, 4) is 5.88 Å². The largest absolute Gasteiger partial charge is 0.493 e. The zero-order chi connectivity index (χ0) is 17.1. The number of nitrogens with zero attached hydrogens (tertiary/aromatic N) is 2. The molecule has 0 aliphatic carbocycles. The molecule has 1 aromatic heterocycles. The van der Waals surface area contributed by atoms with Gasteiger partial charge in [0.05, 0.1) is 12.1 Å². The third-order valence-corrected chi connectivity index (χ3v) is 3.75. The highest BCUT2D eigenvalue weighted by atomic mass is 16.3. The number of aromatic nitrogens is 1. The van der Waals surface area contributed by atoms with E-state index in [-0.39, 0.29) is 18.1 Å². The van der Waals surface area contributed by atoms with Crippen molar-refractivity contribution in [2.75, 3.05) is 11.9 Å². The Morgan fingerprint density at radius 3 is 2.67 bits per heavy atom. The lowest BCUT2D eigenvalue weighted by Gasteiger charge is -2.03. The molecule has 2 aromatic carbocycles. The van der Waals surface area contributed by atoms with E-state index in [1.54, 1.807) is 0 Å². The fourth-order valence-corrected chi connectivity index (χ4v) is 2.43. The Morgan fingerprint density at radius 1 is 1.17 bits per heavy atom. The fraction of sp³-hybridized carbons (Fsp3) is 0.167. The summed E-state index contributed by atoms with van der Waals surface area (Å²) in [5.74, 6) is -0.515. The second-order valence-electron chi connectivity index (χ2n) is 5.63. The molecule has 3 aromatic rings. The summed E-state index contributed by atoms with van der Waals surface area (Å²) < 4.78 is 0. The Hall–Kier alpha value is -3.15. The Kier molecular flexibility index (Phi) is 4.29. The van der Waals surface area contributed by atoms with Crippen molar-refractivity contribution in [1.29, 1.82) is 0 Å². The van der Waals surface area contributed by atoms with Gasteiger partial charge in [0, 0.05) is 11.1 Å². The maximum absolute atomic E-state index is 11.9. The SMILES string of the molecule is Cc1ccc(NCC(=O)N=Nc2c(O)[nH]c3c(C)cccc23)cc1. The Morgan fingerprint density at radius 2 is 1.92 bits per heavy atom. The van der Waals surface area contributed by atoms with Crippen LogP contribution in [-0.4, -0.2) is 22.5 Å². The van der Waals surface area contributed by atoms with Crippen LogP contribution in [0.15, 0.2) is 52.7 Å². The van der Waals surface area contributed by atoms with Crippen LogP contribution in [0.4, 0.5) is 11.4 Å². The zero-order valence-corrected chi connectivity index (χ0v) is 13.5. The molecule has 0 bridgehead atoms. The van der Waals surface area contributed by atoms with Crippen LogP contribution in [0, 0.1) is 13.8 Å². The lowest BCUT2D eigenvalue weighted by Crippen LogP contribution is -2.10. The number of H-pyrrole nitrogens is 1. The number of hydrogen-bond donors (Lipinski definition) is 3. The molecule has 0 saturated carbocycles. The number of para-hydroxylation sites is 1. The third kappa shape index (κ3) is 3.27. The van der Waals surface area contributed by atoms with E-state index in [1.807, 2.05) is 56.3 Å². The number of fused-ring (bicyclic) bond motifs is 1. The van der Waals surface area contributed by atoms with E-state index in [0.717, 1.165) is 27.7 Å². The predicted octanol–water partition coefficient (Wildman–Crippen LogP) is 4.21. The highest BCUT2D eigenvalue weighted by Gasteiger charge is 2.12. The summed E-state index contributed by atoms with van der Waals surface area (Å²) in [5, 5.41) is 21.3. The maximum atomic E-state index is 11.9. The van der Waals surface area contributed by atoms with Crippen molar-refractivity contribution in [2.45, 2.75) is 13.8 Å². The molecule has 3 N–H and O–H groups in total. The van der Waals surface area contributed by atoms with E-state index >= 15 is 0 Å². The number of aromatic amines is 1. The van der Waals surface area contributed by atoms with Gasteiger partial charge in [-0.3, -0.25) is 4.79 Å². The number of azo groups is 1. The number of rotatable bonds is 4. The summed E-state index contributed by atoms with van der Waals surface area (Å²) in [6.45, 7) is 3.96. The van der Waals surface area contributed by atoms with E-state index < -0.39 is 5.91 Å². The molecular weight excluding hydrogens is 304 g/mol. The Bertz CT molecular complexity index is 911. The molecule has 0 aliphatic rings. The number of nitrogens with one attached hydrogen (secondary N) is 2. The van der Waals surface area contributed by atoms with E-state index in [9.17, 15) is 9.90 Å². The average molecular weight is 322 g/mol. The minimum Gasteiger partial charge on any atom is -0.493 e. The average Bonchev–Trinajstić information content (AvgIpc) is 2.89. The number of hydrogen-bond acceptors (Lipinski definition) is 4. The highest BCUT2D eigenvalue weighted by Crippen LogP contribution is 2.36. The van der Waals surface area contributed by atoms with Crippen LogP contribution in [0.2, 0.25) is 0 Å². The molecule has 3 rings (SSSR count). The number of benzene rings is 2. The first-order valence-corrected chi connectivity index (χ1v) is 7.60. The van der Waals surface area contributed by atoms with Gasteiger partial charge >= 0.3 is 0 Å². The topological polar surface area (TPSA) is 89.8 Å². The number of amides is 1. The van der Waals surface area contributed by atoms with Crippen molar-refractivity contribution in [2.24, 2.45) is 10.2 Å². The summed E-state index contributed by atoms with van der Waals surface area (Å²) >= 11 is 0. The third-order valence-electron chi connectivity index (χ3n) is 3.75. The number of carbonyl (C=O) groups excluding carboxylic acids is 1. The van der Waals surface area contributed by atoms with Gasteiger partial charge in [0.15, 0.2) is 5.69 Å². The summed E-state index contributed by atoms with van der Waals surface area (Å²) in [6, 6.07) is 13.3. The molecule has 0 radical (unpaired) electrons. The first kappa shape index (κ1) is 15.7. The van der Waals surface area contributed by atoms with Crippen molar-refractivity contribution >= 4 is 28.2 Å². The van der Waals surface area contributed by atoms with Gasteiger partial charge in [-0.05, 0) is 31.5 Å². The van der Waals surface area contributed by atoms with Crippen LogP contribution in [-0.2, 0) is 4.79 Å². The number of anilines is 1. The monoisotopic (exact) mass is 322 g/mol. The van der Waals surface area contributed by atoms with E-state index in [0.29, 0.717) is 0 Å². The number of aromatic hydroxyl groups is 1. The Balaban J connectivity index is 1.71. The predicted molar refractivity (Wildman–Crippen MR) is 93.9 cm³/mol. The van der Waals surface area contributed by atoms with Crippen molar-refractivity contribution < 1.29 is 9.90 Å². The molecule has 0 aliphatic heterocycles. The first-order valence-electron chi connectivity index (χ1n) is 7.60. The van der Waals surface area contributed by atoms with E-state index in [4.69, 9.17) is 0 Å². The summed E-state index contributed by atoms with van der Waals surface area (Å²) in [6.07, 6.45) is 0. The molecule has 24 heavy (non-hydrogen) atoms. The van der Waals surface area contributed by atoms with Gasteiger partial charge in [0.25, 0.3) is 5.91 Å². The van der Waals surface area contributed by atoms with Crippen LogP contribution >= 0.6 is 0 Å². The quantitative estimate of drug-likeness (QED) is 0.628. The minimum atomic E-state index is -0.419. The molecule has 0 fully saturated rings.